The predicted octanol–water partition coefficient (Wildman–Crippen LogP) is 3.39. The van der Waals surface area contributed by atoms with Gasteiger partial charge in [-0.15, -0.1) is 0 Å². The summed E-state index contributed by atoms with van der Waals surface area (Å²) >= 11 is 0. The lowest BCUT2D eigenvalue weighted by Gasteiger charge is -2.30. The van der Waals surface area contributed by atoms with Crippen molar-refractivity contribution in [3.05, 3.63) is 35.6 Å². The van der Waals surface area contributed by atoms with Crippen molar-refractivity contribution in [3.8, 4) is 0 Å². The van der Waals surface area contributed by atoms with Gasteiger partial charge in [-0.3, -0.25) is 0 Å². The van der Waals surface area contributed by atoms with Crippen LogP contribution in [0.5, 0.6) is 0 Å². The lowest BCUT2D eigenvalue weighted by atomic mass is 9.88. The quantitative estimate of drug-likeness (QED) is 0.765. The highest BCUT2D eigenvalue weighted by Crippen LogP contribution is 2.20. The number of rotatable bonds is 8. The Morgan fingerprint density at radius 2 is 1.80 bits per heavy atom. The Morgan fingerprint density at radius 3 is 2.30 bits per heavy atom. The van der Waals surface area contributed by atoms with Crippen molar-refractivity contribution in [2.45, 2.75) is 46.6 Å². The summed E-state index contributed by atoms with van der Waals surface area (Å²) in [5.74, 6) is 0.317. The van der Waals surface area contributed by atoms with Gasteiger partial charge in [0.1, 0.15) is 5.82 Å². The molecule has 20 heavy (non-hydrogen) atoms. The number of hydrogen-bond donors (Lipinski definition) is 2. The summed E-state index contributed by atoms with van der Waals surface area (Å²) in [6, 6.07) is 7.10. The van der Waals surface area contributed by atoms with Gasteiger partial charge in [0.25, 0.3) is 0 Å². The molecule has 0 bridgehead atoms. The SMILES string of the molecule is CC(C)C(Cc1ccc(F)cc1)NCC(C)(C)CCO. The Balaban J connectivity index is 2.59. The van der Waals surface area contributed by atoms with Crippen LogP contribution in [0.25, 0.3) is 0 Å². The van der Waals surface area contributed by atoms with Crippen LogP contribution in [0.4, 0.5) is 4.39 Å². The van der Waals surface area contributed by atoms with Crippen molar-refractivity contribution in [1.82, 2.24) is 5.32 Å². The molecule has 1 atom stereocenters. The molecule has 0 amide bonds. The second-order valence-corrected chi connectivity index (χ2v) is 6.70. The van der Waals surface area contributed by atoms with Crippen LogP contribution in [0.1, 0.15) is 39.7 Å². The third kappa shape index (κ3) is 6.02. The van der Waals surface area contributed by atoms with E-state index < -0.39 is 0 Å². The molecular formula is C17H28FNO. The van der Waals surface area contributed by atoms with Gasteiger partial charge >= 0.3 is 0 Å². The Morgan fingerprint density at radius 1 is 1.20 bits per heavy atom. The second kappa shape index (κ2) is 7.75. The summed E-state index contributed by atoms with van der Waals surface area (Å²) < 4.78 is 12.9. The average Bonchev–Trinajstić information content (AvgIpc) is 2.36. The molecule has 0 heterocycles. The third-order valence-electron chi connectivity index (χ3n) is 3.80. The van der Waals surface area contributed by atoms with Gasteiger partial charge in [0, 0.05) is 19.2 Å². The summed E-state index contributed by atoms with van der Waals surface area (Å²) in [5, 5.41) is 12.7. The van der Waals surface area contributed by atoms with Crippen molar-refractivity contribution in [2.24, 2.45) is 11.3 Å². The monoisotopic (exact) mass is 281 g/mol. The molecule has 1 aromatic rings. The van der Waals surface area contributed by atoms with E-state index in [1.54, 1.807) is 0 Å². The van der Waals surface area contributed by atoms with Crippen molar-refractivity contribution in [3.63, 3.8) is 0 Å². The minimum atomic E-state index is -0.188. The van der Waals surface area contributed by atoms with E-state index in [1.165, 1.54) is 12.1 Å². The number of halogens is 1. The van der Waals surface area contributed by atoms with Crippen molar-refractivity contribution in [2.75, 3.05) is 13.2 Å². The van der Waals surface area contributed by atoms with Crippen molar-refractivity contribution >= 4 is 0 Å². The van der Waals surface area contributed by atoms with Crippen molar-refractivity contribution < 1.29 is 9.50 Å². The molecule has 1 rings (SSSR count). The van der Waals surface area contributed by atoms with E-state index >= 15 is 0 Å². The van der Waals surface area contributed by atoms with Gasteiger partial charge < -0.3 is 10.4 Å². The van der Waals surface area contributed by atoms with Gasteiger partial charge in [0.15, 0.2) is 0 Å². The first-order valence-electron chi connectivity index (χ1n) is 7.43. The minimum Gasteiger partial charge on any atom is -0.396 e. The zero-order valence-corrected chi connectivity index (χ0v) is 13.1. The topological polar surface area (TPSA) is 32.3 Å². The molecule has 0 saturated carbocycles. The fourth-order valence-electron chi connectivity index (χ4n) is 2.22. The molecule has 2 nitrogen and oxygen atoms in total. The molecule has 1 unspecified atom stereocenters. The Labute approximate surface area is 122 Å². The predicted molar refractivity (Wildman–Crippen MR) is 82.2 cm³/mol. The molecular weight excluding hydrogens is 253 g/mol. The highest BCUT2D eigenvalue weighted by atomic mass is 19.1. The Kier molecular flexibility index (Phi) is 6.63. The fraction of sp³-hybridized carbons (Fsp3) is 0.647. The Hall–Kier alpha value is -0.930. The van der Waals surface area contributed by atoms with Crippen LogP contribution in [-0.2, 0) is 6.42 Å². The molecule has 0 fully saturated rings. The standard InChI is InChI=1S/C17H28FNO/c1-13(2)16(19-12-17(3,4)9-10-20)11-14-5-7-15(18)8-6-14/h5-8,13,16,19-20H,9-12H2,1-4H3. The fourth-order valence-corrected chi connectivity index (χ4v) is 2.22. The maximum atomic E-state index is 12.9. The summed E-state index contributed by atoms with van der Waals surface area (Å²) in [6.07, 6.45) is 1.69. The molecule has 0 aliphatic heterocycles. The van der Waals surface area contributed by atoms with E-state index in [9.17, 15) is 4.39 Å². The van der Waals surface area contributed by atoms with Gasteiger partial charge in [0.2, 0.25) is 0 Å². The van der Waals surface area contributed by atoms with Gasteiger partial charge in [0.05, 0.1) is 0 Å². The molecule has 114 valence electrons. The molecule has 0 radical (unpaired) electrons. The normalized spacial score (nSPS) is 13.8. The van der Waals surface area contributed by atoms with E-state index in [-0.39, 0.29) is 17.8 Å². The minimum absolute atomic E-state index is 0.0880. The Bertz CT molecular complexity index is 386. The van der Waals surface area contributed by atoms with E-state index in [2.05, 4.69) is 33.0 Å². The zero-order chi connectivity index (χ0) is 15.2. The van der Waals surface area contributed by atoms with Gasteiger partial charge in [-0.05, 0) is 41.9 Å². The largest absolute Gasteiger partial charge is 0.396 e. The second-order valence-electron chi connectivity index (χ2n) is 6.70. The van der Waals surface area contributed by atoms with E-state index in [0.717, 1.165) is 24.9 Å². The van der Waals surface area contributed by atoms with Crippen LogP contribution in [0, 0.1) is 17.2 Å². The molecule has 0 saturated heterocycles. The zero-order valence-electron chi connectivity index (χ0n) is 13.1. The number of benzene rings is 1. The smallest absolute Gasteiger partial charge is 0.123 e. The number of nitrogens with one attached hydrogen (secondary N) is 1. The van der Waals surface area contributed by atoms with Crippen LogP contribution in [-0.4, -0.2) is 24.3 Å². The number of aliphatic hydroxyl groups excluding tert-OH is 1. The van der Waals surface area contributed by atoms with Gasteiger partial charge in [-0.1, -0.05) is 39.8 Å². The first-order chi connectivity index (χ1) is 9.34. The molecule has 1 aromatic carbocycles. The molecule has 0 spiro atoms. The van der Waals surface area contributed by atoms with Crippen LogP contribution in [0.2, 0.25) is 0 Å². The number of aliphatic hydroxyl groups is 1. The number of hydrogen-bond acceptors (Lipinski definition) is 2. The van der Waals surface area contributed by atoms with Crippen LogP contribution < -0.4 is 5.32 Å². The van der Waals surface area contributed by atoms with E-state index in [4.69, 9.17) is 5.11 Å². The third-order valence-corrected chi connectivity index (χ3v) is 3.80. The lowest BCUT2D eigenvalue weighted by molar-refractivity contribution is 0.198. The van der Waals surface area contributed by atoms with E-state index in [0.29, 0.717) is 12.0 Å². The molecule has 0 aromatic heterocycles. The van der Waals surface area contributed by atoms with Crippen LogP contribution >= 0.6 is 0 Å². The van der Waals surface area contributed by atoms with Crippen LogP contribution in [0.15, 0.2) is 24.3 Å². The summed E-state index contributed by atoms with van der Waals surface area (Å²) in [7, 11) is 0. The summed E-state index contributed by atoms with van der Waals surface area (Å²) in [6.45, 7) is 9.80. The maximum absolute atomic E-state index is 12.9. The van der Waals surface area contributed by atoms with Gasteiger partial charge in [-0.2, -0.15) is 0 Å². The lowest BCUT2D eigenvalue weighted by Crippen LogP contribution is -2.41. The van der Waals surface area contributed by atoms with Crippen molar-refractivity contribution in [1.29, 1.82) is 0 Å². The van der Waals surface area contributed by atoms with Gasteiger partial charge in [-0.25, -0.2) is 4.39 Å². The van der Waals surface area contributed by atoms with E-state index in [1.807, 2.05) is 12.1 Å². The van der Waals surface area contributed by atoms with Crippen LogP contribution in [0.3, 0.4) is 0 Å². The first kappa shape index (κ1) is 17.1. The molecule has 0 aliphatic rings. The first-order valence-corrected chi connectivity index (χ1v) is 7.43. The maximum Gasteiger partial charge on any atom is 0.123 e. The molecule has 3 heteroatoms. The summed E-state index contributed by atoms with van der Waals surface area (Å²) in [4.78, 5) is 0. The highest BCUT2D eigenvalue weighted by molar-refractivity contribution is 5.17. The molecule has 2 N–H and O–H groups in total. The molecule has 0 aliphatic carbocycles. The average molecular weight is 281 g/mol. The summed E-state index contributed by atoms with van der Waals surface area (Å²) in [5.41, 5.74) is 1.24. The highest BCUT2D eigenvalue weighted by Gasteiger charge is 2.21.